The summed E-state index contributed by atoms with van der Waals surface area (Å²) in [6.45, 7) is 8.36. The van der Waals surface area contributed by atoms with Gasteiger partial charge < -0.3 is 9.88 Å². The predicted molar refractivity (Wildman–Crippen MR) is 87.3 cm³/mol. The predicted octanol–water partition coefficient (Wildman–Crippen LogP) is 3.80. The first-order chi connectivity index (χ1) is 10.4. The Bertz CT molecular complexity index is 658. The van der Waals surface area contributed by atoms with Crippen molar-refractivity contribution in [2.45, 2.75) is 40.2 Å². The first-order valence-corrected chi connectivity index (χ1v) is 7.65. The molecular formula is C18H23FN2O. The second-order valence-electron chi connectivity index (χ2n) is 5.71. The van der Waals surface area contributed by atoms with Crippen LogP contribution in [0.15, 0.2) is 30.3 Å². The van der Waals surface area contributed by atoms with E-state index in [1.54, 1.807) is 12.1 Å². The van der Waals surface area contributed by atoms with Gasteiger partial charge in [0, 0.05) is 28.7 Å². The fraction of sp³-hybridized carbons (Fsp3) is 0.389. The lowest BCUT2D eigenvalue weighted by Gasteiger charge is -2.11. The van der Waals surface area contributed by atoms with Gasteiger partial charge in [0.1, 0.15) is 5.82 Å². The molecule has 4 heteroatoms. The van der Waals surface area contributed by atoms with Crippen LogP contribution < -0.4 is 5.32 Å². The molecule has 1 heterocycles. The number of aromatic nitrogens is 1. The molecule has 0 aliphatic heterocycles. The van der Waals surface area contributed by atoms with Crippen molar-refractivity contribution in [1.29, 1.82) is 0 Å². The Morgan fingerprint density at radius 3 is 2.50 bits per heavy atom. The minimum Gasteiger partial charge on any atom is -0.318 e. The smallest absolute Gasteiger partial charge is 0.178 e. The maximum Gasteiger partial charge on any atom is 0.178 e. The van der Waals surface area contributed by atoms with Crippen LogP contribution in [0.1, 0.15) is 42.0 Å². The Labute approximate surface area is 131 Å². The van der Waals surface area contributed by atoms with E-state index in [4.69, 9.17) is 0 Å². The molecule has 0 aliphatic carbocycles. The van der Waals surface area contributed by atoms with Gasteiger partial charge in [0.15, 0.2) is 5.78 Å². The van der Waals surface area contributed by atoms with Crippen molar-refractivity contribution in [1.82, 2.24) is 9.88 Å². The first kappa shape index (κ1) is 16.4. The standard InChI is InChI=1S/C18H23FN2O/c1-5-12(2)20-11-18(22)17-10-13(3)21(14(17)4)16-8-6-15(19)7-9-16/h6-10,12,20H,5,11H2,1-4H3. The van der Waals surface area contributed by atoms with E-state index in [1.807, 2.05) is 24.5 Å². The zero-order valence-electron chi connectivity index (χ0n) is 13.6. The molecule has 118 valence electrons. The van der Waals surface area contributed by atoms with E-state index in [9.17, 15) is 9.18 Å². The molecule has 0 amide bonds. The molecule has 0 saturated heterocycles. The molecule has 0 aliphatic rings. The van der Waals surface area contributed by atoms with E-state index in [1.165, 1.54) is 12.1 Å². The fourth-order valence-electron chi connectivity index (χ4n) is 2.54. The van der Waals surface area contributed by atoms with Gasteiger partial charge in [-0.15, -0.1) is 0 Å². The Balaban J connectivity index is 2.27. The number of hydrogen-bond donors (Lipinski definition) is 1. The third kappa shape index (κ3) is 3.45. The van der Waals surface area contributed by atoms with Gasteiger partial charge in [0.25, 0.3) is 0 Å². The van der Waals surface area contributed by atoms with Crippen LogP contribution in [0, 0.1) is 19.7 Å². The highest BCUT2D eigenvalue weighted by molar-refractivity contribution is 5.99. The lowest BCUT2D eigenvalue weighted by atomic mass is 10.1. The summed E-state index contributed by atoms with van der Waals surface area (Å²) in [6.07, 6.45) is 0.988. The van der Waals surface area contributed by atoms with Gasteiger partial charge in [-0.3, -0.25) is 4.79 Å². The van der Waals surface area contributed by atoms with E-state index in [-0.39, 0.29) is 11.6 Å². The van der Waals surface area contributed by atoms with E-state index < -0.39 is 0 Å². The number of ketones is 1. The molecule has 0 spiro atoms. The van der Waals surface area contributed by atoms with Crippen molar-refractivity contribution in [3.05, 3.63) is 53.1 Å². The molecule has 3 nitrogen and oxygen atoms in total. The SMILES string of the molecule is CCC(C)NCC(=O)c1cc(C)n(-c2ccc(F)cc2)c1C. The number of nitrogens with zero attached hydrogens (tertiary/aromatic N) is 1. The van der Waals surface area contributed by atoms with Crippen molar-refractivity contribution in [2.75, 3.05) is 6.54 Å². The minimum absolute atomic E-state index is 0.0850. The summed E-state index contributed by atoms with van der Waals surface area (Å²) < 4.78 is 15.1. The van der Waals surface area contributed by atoms with Crippen LogP contribution >= 0.6 is 0 Å². The molecule has 0 bridgehead atoms. The van der Waals surface area contributed by atoms with Gasteiger partial charge in [-0.1, -0.05) is 6.92 Å². The third-order valence-electron chi connectivity index (χ3n) is 4.04. The van der Waals surface area contributed by atoms with Crippen molar-refractivity contribution in [2.24, 2.45) is 0 Å². The maximum atomic E-state index is 13.1. The molecule has 22 heavy (non-hydrogen) atoms. The van der Waals surface area contributed by atoms with E-state index in [0.717, 1.165) is 29.1 Å². The Hall–Kier alpha value is -1.94. The second-order valence-corrected chi connectivity index (χ2v) is 5.71. The van der Waals surface area contributed by atoms with E-state index >= 15 is 0 Å². The van der Waals surface area contributed by atoms with Crippen molar-refractivity contribution in [3.63, 3.8) is 0 Å². The number of rotatable bonds is 6. The van der Waals surface area contributed by atoms with Gasteiger partial charge in [-0.05, 0) is 57.5 Å². The molecule has 1 atom stereocenters. The van der Waals surface area contributed by atoms with Gasteiger partial charge in [-0.25, -0.2) is 4.39 Å². The van der Waals surface area contributed by atoms with Crippen LogP contribution in [0.2, 0.25) is 0 Å². The van der Waals surface area contributed by atoms with Crippen LogP contribution in [0.5, 0.6) is 0 Å². The number of hydrogen-bond acceptors (Lipinski definition) is 2. The third-order valence-corrected chi connectivity index (χ3v) is 4.04. The number of halogens is 1. The van der Waals surface area contributed by atoms with Crippen molar-refractivity contribution in [3.8, 4) is 5.69 Å². The molecule has 2 rings (SSSR count). The average molecular weight is 302 g/mol. The van der Waals surface area contributed by atoms with Gasteiger partial charge in [0.05, 0.1) is 6.54 Å². The van der Waals surface area contributed by atoms with Crippen LogP contribution in [0.3, 0.4) is 0 Å². The lowest BCUT2D eigenvalue weighted by Crippen LogP contribution is -2.31. The number of benzene rings is 1. The monoisotopic (exact) mass is 302 g/mol. The summed E-state index contributed by atoms with van der Waals surface area (Å²) in [7, 11) is 0. The van der Waals surface area contributed by atoms with Gasteiger partial charge in [-0.2, -0.15) is 0 Å². The highest BCUT2D eigenvalue weighted by atomic mass is 19.1. The van der Waals surface area contributed by atoms with Crippen molar-refractivity contribution >= 4 is 5.78 Å². The highest BCUT2D eigenvalue weighted by Gasteiger charge is 2.16. The van der Waals surface area contributed by atoms with Crippen LogP contribution in [0.4, 0.5) is 4.39 Å². The second kappa shape index (κ2) is 6.88. The molecular weight excluding hydrogens is 279 g/mol. The zero-order chi connectivity index (χ0) is 16.3. The fourth-order valence-corrected chi connectivity index (χ4v) is 2.54. The largest absolute Gasteiger partial charge is 0.318 e. The molecule has 1 aromatic carbocycles. The zero-order valence-corrected chi connectivity index (χ0v) is 13.6. The summed E-state index contributed by atoms with van der Waals surface area (Å²) >= 11 is 0. The molecule has 1 unspecified atom stereocenters. The maximum absolute atomic E-state index is 13.1. The van der Waals surface area contributed by atoms with Crippen LogP contribution in [0.25, 0.3) is 5.69 Å². The summed E-state index contributed by atoms with van der Waals surface area (Å²) in [5, 5.41) is 3.23. The molecule has 0 fully saturated rings. The quantitative estimate of drug-likeness (QED) is 0.823. The summed E-state index contributed by atoms with van der Waals surface area (Å²) in [6, 6.07) is 8.53. The number of carbonyl (C=O) groups is 1. The van der Waals surface area contributed by atoms with Crippen LogP contribution in [-0.2, 0) is 0 Å². The van der Waals surface area contributed by atoms with E-state index in [0.29, 0.717) is 12.6 Å². The van der Waals surface area contributed by atoms with Gasteiger partial charge in [0.2, 0.25) is 0 Å². The normalized spacial score (nSPS) is 12.4. The first-order valence-electron chi connectivity index (χ1n) is 7.65. The topological polar surface area (TPSA) is 34.0 Å². The number of nitrogens with one attached hydrogen (secondary N) is 1. The van der Waals surface area contributed by atoms with Gasteiger partial charge >= 0.3 is 0 Å². The molecule has 0 saturated carbocycles. The summed E-state index contributed by atoms with van der Waals surface area (Å²) in [4.78, 5) is 12.4. The number of aryl methyl sites for hydroxylation is 1. The summed E-state index contributed by atoms with van der Waals surface area (Å²) in [5.41, 5.74) is 3.44. The summed E-state index contributed by atoms with van der Waals surface area (Å²) in [5.74, 6) is -0.179. The minimum atomic E-state index is -0.264. The highest BCUT2D eigenvalue weighted by Crippen LogP contribution is 2.21. The van der Waals surface area contributed by atoms with Crippen LogP contribution in [-0.4, -0.2) is 22.9 Å². The Morgan fingerprint density at radius 1 is 1.27 bits per heavy atom. The molecule has 1 N–H and O–H groups in total. The van der Waals surface area contributed by atoms with E-state index in [2.05, 4.69) is 19.2 Å². The number of carbonyl (C=O) groups excluding carboxylic acids is 1. The Morgan fingerprint density at radius 2 is 1.91 bits per heavy atom. The molecule has 1 aromatic heterocycles. The number of Topliss-reactive ketones (excluding diaryl/α,β-unsaturated/α-hetero) is 1. The Kier molecular flexibility index (Phi) is 5.14. The average Bonchev–Trinajstić information content (AvgIpc) is 2.80. The van der Waals surface area contributed by atoms with Crippen molar-refractivity contribution < 1.29 is 9.18 Å². The lowest BCUT2D eigenvalue weighted by molar-refractivity contribution is 0.0987. The molecule has 2 aromatic rings. The molecule has 0 radical (unpaired) electrons.